The molecule has 0 spiro atoms. The summed E-state index contributed by atoms with van der Waals surface area (Å²) in [4.78, 5) is 16.3. The molecule has 0 saturated carbocycles. The summed E-state index contributed by atoms with van der Waals surface area (Å²) < 4.78 is 68.1. The zero-order chi connectivity index (χ0) is 25.2. The minimum absolute atomic E-state index is 0.239. The van der Waals surface area contributed by atoms with Crippen molar-refractivity contribution in [3.8, 4) is 11.1 Å². The number of hydrazine groups is 1. The predicted octanol–water partition coefficient (Wildman–Crippen LogP) is 2.85. The molecular weight excluding hydrogens is 485 g/mol. The second-order valence-corrected chi connectivity index (χ2v) is 10.0. The third kappa shape index (κ3) is 5.36. The Kier molecular flexibility index (Phi) is 6.92. The lowest BCUT2D eigenvalue weighted by Crippen LogP contribution is -2.43. The molecule has 1 aromatic carbocycles. The van der Waals surface area contributed by atoms with E-state index in [2.05, 4.69) is 15.4 Å². The monoisotopic (exact) mass is 508 g/mol. The number of hydrogen-bond donors (Lipinski definition) is 2. The predicted molar refractivity (Wildman–Crippen MR) is 120 cm³/mol. The van der Waals surface area contributed by atoms with Crippen molar-refractivity contribution in [3.63, 3.8) is 0 Å². The fourth-order valence-corrected chi connectivity index (χ4v) is 4.81. The normalized spacial score (nSPS) is 15.3. The van der Waals surface area contributed by atoms with Crippen LogP contribution in [0.15, 0.2) is 60.0 Å². The Labute approximate surface area is 200 Å². The van der Waals surface area contributed by atoms with Gasteiger partial charge in [0.15, 0.2) is 0 Å². The van der Waals surface area contributed by atoms with Crippen LogP contribution in [0.3, 0.4) is 0 Å². The maximum Gasteiger partial charge on any atom is 0.417 e. The zero-order valence-electron chi connectivity index (χ0n) is 18.7. The van der Waals surface area contributed by atoms with Crippen LogP contribution in [-0.4, -0.2) is 53.6 Å². The number of rotatable bonds is 6. The van der Waals surface area contributed by atoms with Crippen LogP contribution < -0.4 is 10.7 Å². The lowest BCUT2D eigenvalue weighted by molar-refractivity contribution is -0.137. The molecule has 1 aliphatic rings. The number of piperidine rings is 1. The fourth-order valence-electron chi connectivity index (χ4n) is 3.83. The van der Waals surface area contributed by atoms with Crippen molar-refractivity contribution in [2.75, 3.05) is 20.1 Å². The van der Waals surface area contributed by atoms with Crippen molar-refractivity contribution in [1.29, 1.82) is 0 Å². The van der Waals surface area contributed by atoms with Crippen LogP contribution >= 0.6 is 0 Å². The number of carbonyl (C=O) groups is 1. The van der Waals surface area contributed by atoms with Crippen molar-refractivity contribution in [2.45, 2.75) is 30.0 Å². The Hall–Kier alpha value is -3.29. The van der Waals surface area contributed by atoms with Gasteiger partial charge in [-0.1, -0.05) is 12.1 Å². The van der Waals surface area contributed by atoms with E-state index < -0.39 is 33.2 Å². The molecule has 0 atom stereocenters. The number of benzene rings is 1. The Balaban J connectivity index is 1.54. The molecule has 186 valence electrons. The van der Waals surface area contributed by atoms with E-state index in [1.54, 1.807) is 6.20 Å². The van der Waals surface area contributed by atoms with E-state index in [9.17, 15) is 26.4 Å². The molecule has 0 radical (unpaired) electrons. The molecule has 0 aliphatic carbocycles. The smallest absolute Gasteiger partial charge is 0.317 e. The van der Waals surface area contributed by atoms with Gasteiger partial charge in [-0.2, -0.15) is 18.3 Å². The first kappa shape index (κ1) is 24.8. The number of carbonyl (C=O) groups excluding carboxylic acids is 1. The number of pyridine rings is 1. The first-order valence-electron chi connectivity index (χ1n) is 10.7. The summed E-state index contributed by atoms with van der Waals surface area (Å²) >= 11 is 0. The van der Waals surface area contributed by atoms with Crippen LogP contribution in [-0.2, 0) is 16.2 Å². The maximum atomic E-state index is 13.2. The number of alkyl halides is 3. The van der Waals surface area contributed by atoms with Crippen LogP contribution in [0, 0.1) is 0 Å². The fraction of sp³-hybridized carbons (Fsp3) is 0.318. The molecular formula is C22H23F3N6O3S. The van der Waals surface area contributed by atoms with Crippen molar-refractivity contribution >= 4 is 15.9 Å². The first-order valence-corrected chi connectivity index (χ1v) is 12.2. The second kappa shape index (κ2) is 9.76. The standard InChI is InChI=1S/C22H23F3N6O3S/c1-30(29-21(32)19-4-2-3-5-20(19)22(23,24)25)35(33,34)18-10-15(11-27-13-18)16-12-28-31(14-16)17-6-8-26-9-7-17/h2-5,10-14,17,26H,6-9H2,1H3,(H,29,32). The SMILES string of the molecule is CN(NC(=O)c1ccccc1C(F)(F)F)S(=O)(=O)c1cncc(-c2cnn(C3CCNCC3)c2)c1. The summed E-state index contributed by atoms with van der Waals surface area (Å²) in [6.45, 7) is 1.78. The molecule has 0 unspecified atom stereocenters. The molecule has 1 saturated heterocycles. The summed E-state index contributed by atoms with van der Waals surface area (Å²) in [5, 5.41) is 7.68. The largest absolute Gasteiger partial charge is 0.417 e. The van der Waals surface area contributed by atoms with Gasteiger partial charge < -0.3 is 5.32 Å². The average molecular weight is 509 g/mol. The number of sulfonamides is 1. The van der Waals surface area contributed by atoms with Gasteiger partial charge in [-0.15, -0.1) is 4.41 Å². The van der Waals surface area contributed by atoms with Gasteiger partial charge >= 0.3 is 6.18 Å². The number of nitrogens with one attached hydrogen (secondary N) is 2. The molecule has 35 heavy (non-hydrogen) atoms. The third-order valence-electron chi connectivity index (χ3n) is 5.73. The number of hydrogen-bond acceptors (Lipinski definition) is 6. The molecule has 9 nitrogen and oxygen atoms in total. The highest BCUT2D eigenvalue weighted by Crippen LogP contribution is 2.32. The quantitative estimate of drug-likeness (QED) is 0.496. The van der Waals surface area contributed by atoms with Crippen molar-refractivity contribution in [1.82, 2.24) is 29.9 Å². The lowest BCUT2D eigenvalue weighted by atomic mass is 10.1. The number of nitrogens with zero attached hydrogens (tertiary/aromatic N) is 4. The summed E-state index contributed by atoms with van der Waals surface area (Å²) in [5.41, 5.74) is 1.31. The topological polar surface area (TPSA) is 109 Å². The van der Waals surface area contributed by atoms with Gasteiger partial charge in [0, 0.05) is 36.8 Å². The van der Waals surface area contributed by atoms with E-state index in [1.807, 2.05) is 16.3 Å². The molecule has 2 aromatic heterocycles. The number of halogens is 3. The van der Waals surface area contributed by atoms with Gasteiger partial charge in [0.2, 0.25) is 0 Å². The highest BCUT2D eigenvalue weighted by molar-refractivity contribution is 7.89. The molecule has 3 aromatic rings. The molecule has 2 N–H and O–H groups in total. The molecule has 1 amide bonds. The van der Waals surface area contributed by atoms with Gasteiger partial charge in [0.25, 0.3) is 15.9 Å². The Morgan fingerprint density at radius 2 is 1.86 bits per heavy atom. The highest BCUT2D eigenvalue weighted by Gasteiger charge is 2.35. The Bertz CT molecular complexity index is 1320. The lowest BCUT2D eigenvalue weighted by Gasteiger charge is -2.22. The van der Waals surface area contributed by atoms with E-state index in [4.69, 9.17) is 0 Å². The minimum Gasteiger partial charge on any atom is -0.317 e. The van der Waals surface area contributed by atoms with Crippen molar-refractivity contribution in [3.05, 3.63) is 66.2 Å². The van der Waals surface area contributed by atoms with Crippen molar-refractivity contribution in [2.24, 2.45) is 0 Å². The van der Waals surface area contributed by atoms with Crippen LogP contribution in [0.25, 0.3) is 11.1 Å². The average Bonchev–Trinajstić information content (AvgIpc) is 3.34. The van der Waals surface area contributed by atoms with E-state index >= 15 is 0 Å². The molecule has 1 fully saturated rings. The second-order valence-electron chi connectivity index (χ2n) is 8.06. The number of aromatic nitrogens is 3. The third-order valence-corrected chi connectivity index (χ3v) is 7.36. The molecule has 3 heterocycles. The first-order chi connectivity index (χ1) is 16.6. The van der Waals surface area contributed by atoms with Gasteiger partial charge in [0.1, 0.15) is 4.90 Å². The van der Waals surface area contributed by atoms with Crippen LogP contribution in [0.2, 0.25) is 0 Å². The van der Waals surface area contributed by atoms with Crippen molar-refractivity contribution < 1.29 is 26.4 Å². The molecule has 0 bridgehead atoms. The van der Waals surface area contributed by atoms with Crippen LogP contribution in [0.5, 0.6) is 0 Å². The minimum atomic E-state index is -4.78. The van der Waals surface area contributed by atoms with E-state index in [0.29, 0.717) is 15.5 Å². The van der Waals surface area contributed by atoms with Gasteiger partial charge in [-0.25, -0.2) is 8.42 Å². The van der Waals surface area contributed by atoms with E-state index in [0.717, 1.165) is 57.4 Å². The number of amides is 1. The maximum absolute atomic E-state index is 13.2. The molecule has 1 aliphatic heterocycles. The summed E-state index contributed by atoms with van der Waals surface area (Å²) in [5.74, 6) is -1.21. The van der Waals surface area contributed by atoms with Crippen LogP contribution in [0.1, 0.15) is 34.8 Å². The molecule has 4 rings (SSSR count). The van der Waals surface area contributed by atoms with Crippen LogP contribution in [0.4, 0.5) is 13.2 Å². The van der Waals surface area contributed by atoms with Gasteiger partial charge in [-0.05, 0) is 44.1 Å². The van der Waals surface area contributed by atoms with Gasteiger partial charge in [-0.3, -0.25) is 19.9 Å². The van der Waals surface area contributed by atoms with E-state index in [-0.39, 0.29) is 10.9 Å². The van der Waals surface area contributed by atoms with E-state index in [1.165, 1.54) is 18.3 Å². The highest BCUT2D eigenvalue weighted by atomic mass is 32.2. The zero-order valence-corrected chi connectivity index (χ0v) is 19.5. The summed E-state index contributed by atoms with van der Waals surface area (Å²) in [6, 6.07) is 5.74. The Morgan fingerprint density at radius 1 is 1.14 bits per heavy atom. The summed E-state index contributed by atoms with van der Waals surface area (Å²) in [7, 11) is -3.28. The molecule has 13 heteroatoms. The summed E-state index contributed by atoms with van der Waals surface area (Å²) in [6.07, 6.45) is 3.11. The van der Waals surface area contributed by atoms with Gasteiger partial charge in [0.05, 0.1) is 23.4 Å². The Morgan fingerprint density at radius 3 is 2.57 bits per heavy atom.